The molecule has 3 heterocycles. The molecule has 5 nitrogen and oxygen atoms in total. The predicted molar refractivity (Wildman–Crippen MR) is 74.5 cm³/mol. The molecule has 3 rings (SSSR count). The maximum Gasteiger partial charge on any atom is 0.218 e. The second kappa shape index (κ2) is 5.33. The lowest BCUT2D eigenvalue weighted by atomic mass is 9.89. The summed E-state index contributed by atoms with van der Waals surface area (Å²) in [6.07, 6.45) is 3.00. The second-order valence-corrected chi connectivity index (χ2v) is 5.79. The standard InChI is InChI=1S/C14H22N4O/c1-10(2)19-14-5-13(16-9-17-14)18-4-3-11-6-15-7-12(11)8-18/h5,9-12,15H,3-4,6-8H2,1-2H3. The summed E-state index contributed by atoms with van der Waals surface area (Å²) in [6, 6.07) is 1.96. The molecule has 5 heteroatoms. The van der Waals surface area contributed by atoms with E-state index in [1.54, 1.807) is 6.33 Å². The number of rotatable bonds is 3. The number of ether oxygens (including phenoxy) is 1. The van der Waals surface area contributed by atoms with Crippen molar-refractivity contribution in [2.75, 3.05) is 31.1 Å². The molecule has 1 aromatic heterocycles. The van der Waals surface area contributed by atoms with Gasteiger partial charge in [0.1, 0.15) is 12.1 Å². The number of fused-ring (bicyclic) bond motifs is 1. The average molecular weight is 262 g/mol. The van der Waals surface area contributed by atoms with Gasteiger partial charge in [-0.1, -0.05) is 0 Å². The third-order valence-corrected chi connectivity index (χ3v) is 4.01. The lowest BCUT2D eigenvalue weighted by molar-refractivity contribution is 0.232. The summed E-state index contributed by atoms with van der Waals surface area (Å²) in [7, 11) is 0. The highest BCUT2D eigenvalue weighted by molar-refractivity contribution is 5.41. The Bertz CT molecular complexity index is 437. The Labute approximate surface area is 114 Å². The van der Waals surface area contributed by atoms with E-state index >= 15 is 0 Å². The van der Waals surface area contributed by atoms with Gasteiger partial charge in [0, 0.05) is 19.2 Å². The summed E-state index contributed by atoms with van der Waals surface area (Å²) >= 11 is 0. The first kappa shape index (κ1) is 12.7. The van der Waals surface area contributed by atoms with Crippen LogP contribution in [0.2, 0.25) is 0 Å². The van der Waals surface area contributed by atoms with Crippen LogP contribution < -0.4 is 15.0 Å². The van der Waals surface area contributed by atoms with Gasteiger partial charge in [0.15, 0.2) is 0 Å². The second-order valence-electron chi connectivity index (χ2n) is 5.79. The zero-order valence-corrected chi connectivity index (χ0v) is 11.7. The normalized spacial score (nSPS) is 26.6. The molecule has 0 aliphatic carbocycles. The lowest BCUT2D eigenvalue weighted by Crippen LogP contribution is -2.40. The Morgan fingerprint density at radius 3 is 3.00 bits per heavy atom. The highest BCUT2D eigenvalue weighted by Gasteiger charge is 2.33. The summed E-state index contributed by atoms with van der Waals surface area (Å²) in [5, 5.41) is 3.49. The number of anilines is 1. The first-order chi connectivity index (χ1) is 9.22. The molecule has 104 valence electrons. The minimum Gasteiger partial charge on any atom is -0.475 e. The van der Waals surface area contributed by atoms with E-state index in [-0.39, 0.29) is 6.10 Å². The van der Waals surface area contributed by atoms with E-state index in [1.807, 2.05) is 19.9 Å². The third-order valence-electron chi connectivity index (χ3n) is 4.01. The van der Waals surface area contributed by atoms with Crippen molar-refractivity contribution in [3.8, 4) is 5.88 Å². The van der Waals surface area contributed by atoms with Crippen LogP contribution in [0, 0.1) is 11.8 Å². The van der Waals surface area contributed by atoms with Crippen LogP contribution in [-0.2, 0) is 0 Å². The molecule has 1 N–H and O–H groups in total. The van der Waals surface area contributed by atoms with Crippen molar-refractivity contribution in [3.05, 3.63) is 12.4 Å². The molecular formula is C14H22N4O. The highest BCUT2D eigenvalue weighted by atomic mass is 16.5. The molecule has 0 bridgehead atoms. The Kier molecular flexibility index (Phi) is 3.55. The number of piperidine rings is 1. The molecular weight excluding hydrogens is 240 g/mol. The Balaban J connectivity index is 1.71. The highest BCUT2D eigenvalue weighted by Crippen LogP contribution is 2.29. The summed E-state index contributed by atoms with van der Waals surface area (Å²) in [6.45, 7) is 8.53. The van der Waals surface area contributed by atoms with Crippen LogP contribution in [0.1, 0.15) is 20.3 Å². The maximum atomic E-state index is 5.64. The van der Waals surface area contributed by atoms with Crippen molar-refractivity contribution in [2.24, 2.45) is 11.8 Å². The number of hydrogen-bond acceptors (Lipinski definition) is 5. The van der Waals surface area contributed by atoms with Crippen LogP contribution in [0.3, 0.4) is 0 Å². The van der Waals surface area contributed by atoms with E-state index < -0.39 is 0 Å². The Morgan fingerprint density at radius 2 is 2.16 bits per heavy atom. The fraction of sp³-hybridized carbons (Fsp3) is 0.714. The molecule has 2 fully saturated rings. The number of nitrogens with one attached hydrogen (secondary N) is 1. The summed E-state index contributed by atoms with van der Waals surface area (Å²) in [5.74, 6) is 3.28. The smallest absolute Gasteiger partial charge is 0.218 e. The van der Waals surface area contributed by atoms with Crippen molar-refractivity contribution in [3.63, 3.8) is 0 Å². The molecule has 2 aliphatic heterocycles. The molecule has 0 saturated carbocycles. The Hall–Kier alpha value is -1.36. The molecule has 19 heavy (non-hydrogen) atoms. The lowest BCUT2D eigenvalue weighted by Gasteiger charge is -2.35. The fourth-order valence-electron chi connectivity index (χ4n) is 3.05. The largest absolute Gasteiger partial charge is 0.475 e. The fourth-order valence-corrected chi connectivity index (χ4v) is 3.05. The van der Waals surface area contributed by atoms with Crippen LogP contribution >= 0.6 is 0 Å². The van der Waals surface area contributed by atoms with E-state index in [0.29, 0.717) is 5.88 Å². The number of hydrogen-bond donors (Lipinski definition) is 1. The van der Waals surface area contributed by atoms with Crippen LogP contribution in [-0.4, -0.2) is 42.3 Å². The molecule has 0 aromatic carbocycles. The summed E-state index contributed by atoms with van der Waals surface area (Å²) in [4.78, 5) is 10.9. The van der Waals surface area contributed by atoms with Crippen LogP contribution in [0.25, 0.3) is 0 Å². The van der Waals surface area contributed by atoms with Crippen LogP contribution in [0.5, 0.6) is 5.88 Å². The van der Waals surface area contributed by atoms with Gasteiger partial charge in [0.2, 0.25) is 5.88 Å². The van der Waals surface area contributed by atoms with Gasteiger partial charge in [-0.25, -0.2) is 9.97 Å². The predicted octanol–water partition coefficient (Wildman–Crippen LogP) is 1.31. The SMILES string of the molecule is CC(C)Oc1cc(N2CCC3CNCC3C2)ncn1. The molecule has 2 unspecified atom stereocenters. The van der Waals surface area contributed by atoms with Gasteiger partial charge < -0.3 is 15.0 Å². The van der Waals surface area contributed by atoms with E-state index in [9.17, 15) is 0 Å². The minimum atomic E-state index is 0.146. The zero-order chi connectivity index (χ0) is 13.2. The summed E-state index contributed by atoms with van der Waals surface area (Å²) in [5.41, 5.74) is 0. The van der Waals surface area contributed by atoms with E-state index in [1.165, 1.54) is 13.0 Å². The van der Waals surface area contributed by atoms with Crippen molar-refractivity contribution >= 4 is 5.82 Å². The van der Waals surface area contributed by atoms with Crippen molar-refractivity contribution in [2.45, 2.75) is 26.4 Å². The van der Waals surface area contributed by atoms with Gasteiger partial charge >= 0.3 is 0 Å². The maximum absolute atomic E-state index is 5.64. The van der Waals surface area contributed by atoms with Gasteiger partial charge in [0.05, 0.1) is 6.10 Å². The molecule has 0 amide bonds. The molecule has 2 atom stereocenters. The van der Waals surface area contributed by atoms with Crippen molar-refractivity contribution < 1.29 is 4.74 Å². The van der Waals surface area contributed by atoms with Gasteiger partial charge in [-0.2, -0.15) is 0 Å². The van der Waals surface area contributed by atoms with Gasteiger partial charge in [-0.05, 0) is 45.2 Å². The number of aromatic nitrogens is 2. The van der Waals surface area contributed by atoms with E-state index in [0.717, 1.165) is 37.3 Å². The first-order valence-electron chi connectivity index (χ1n) is 7.16. The number of nitrogens with zero attached hydrogens (tertiary/aromatic N) is 3. The van der Waals surface area contributed by atoms with Crippen molar-refractivity contribution in [1.82, 2.24) is 15.3 Å². The minimum absolute atomic E-state index is 0.146. The molecule has 2 aliphatic rings. The zero-order valence-electron chi connectivity index (χ0n) is 11.7. The van der Waals surface area contributed by atoms with Crippen LogP contribution in [0.4, 0.5) is 5.82 Å². The van der Waals surface area contributed by atoms with E-state index in [2.05, 4.69) is 20.2 Å². The van der Waals surface area contributed by atoms with Crippen molar-refractivity contribution in [1.29, 1.82) is 0 Å². The van der Waals surface area contributed by atoms with Gasteiger partial charge in [0.25, 0.3) is 0 Å². The van der Waals surface area contributed by atoms with Crippen LogP contribution in [0.15, 0.2) is 12.4 Å². The summed E-state index contributed by atoms with van der Waals surface area (Å²) < 4.78 is 5.64. The van der Waals surface area contributed by atoms with Gasteiger partial charge in [-0.15, -0.1) is 0 Å². The molecule has 2 saturated heterocycles. The first-order valence-corrected chi connectivity index (χ1v) is 7.16. The average Bonchev–Trinajstić information content (AvgIpc) is 2.85. The van der Waals surface area contributed by atoms with Gasteiger partial charge in [-0.3, -0.25) is 0 Å². The third kappa shape index (κ3) is 2.81. The molecule has 0 radical (unpaired) electrons. The molecule has 0 spiro atoms. The Morgan fingerprint density at radius 1 is 1.32 bits per heavy atom. The monoisotopic (exact) mass is 262 g/mol. The van der Waals surface area contributed by atoms with E-state index in [4.69, 9.17) is 4.74 Å². The quantitative estimate of drug-likeness (QED) is 0.890. The molecule has 1 aromatic rings. The topological polar surface area (TPSA) is 50.3 Å².